The van der Waals surface area contributed by atoms with Crippen LogP contribution in [0.1, 0.15) is 11.3 Å². The van der Waals surface area contributed by atoms with Gasteiger partial charge in [0.1, 0.15) is 0 Å². The molecule has 3 aromatic rings. The molecule has 0 aliphatic rings. The third-order valence-corrected chi connectivity index (χ3v) is 3.27. The molecule has 3 rings (SSSR count). The molecule has 2 heterocycles. The van der Waals surface area contributed by atoms with Crippen LogP contribution in [0.25, 0.3) is 16.6 Å². The topological polar surface area (TPSA) is 34.9 Å². The number of hydrogen-bond acceptors (Lipinski definition) is 2. The first-order valence-electron chi connectivity index (χ1n) is 6.22. The molecule has 2 aromatic heterocycles. The zero-order valence-corrected chi connectivity index (χ0v) is 10.9. The number of aryl methyl sites for hydroxylation is 2. The summed E-state index contributed by atoms with van der Waals surface area (Å²) in [7, 11) is 0. The minimum Gasteiger partial charge on any atom is -0.283 e. The zero-order chi connectivity index (χ0) is 13.4. The molecule has 1 aromatic carbocycles. The van der Waals surface area contributed by atoms with Crippen LogP contribution in [0.3, 0.4) is 0 Å². The Morgan fingerprint density at radius 3 is 2.58 bits per heavy atom. The van der Waals surface area contributed by atoms with Gasteiger partial charge in [-0.25, -0.2) is 0 Å². The molecule has 0 amide bonds. The summed E-state index contributed by atoms with van der Waals surface area (Å²) < 4.78 is 1.68. The van der Waals surface area contributed by atoms with Gasteiger partial charge in [-0.1, -0.05) is 18.2 Å². The van der Waals surface area contributed by atoms with E-state index in [1.807, 2.05) is 56.3 Å². The van der Waals surface area contributed by atoms with Gasteiger partial charge in [0.05, 0.1) is 16.6 Å². The van der Waals surface area contributed by atoms with Gasteiger partial charge in [-0.2, -0.15) is 0 Å². The van der Waals surface area contributed by atoms with Gasteiger partial charge in [-0.05, 0) is 43.7 Å². The van der Waals surface area contributed by atoms with E-state index in [4.69, 9.17) is 0 Å². The van der Waals surface area contributed by atoms with Crippen LogP contribution in [0.2, 0.25) is 0 Å². The summed E-state index contributed by atoms with van der Waals surface area (Å²) in [6.45, 7) is 3.92. The van der Waals surface area contributed by atoms with Crippen molar-refractivity contribution in [3.05, 3.63) is 70.3 Å². The highest BCUT2D eigenvalue weighted by Crippen LogP contribution is 2.14. The molecule has 19 heavy (non-hydrogen) atoms. The number of hydrogen-bond donors (Lipinski definition) is 0. The predicted octanol–water partition coefficient (Wildman–Crippen LogP) is 3.00. The van der Waals surface area contributed by atoms with Crippen molar-refractivity contribution in [2.75, 3.05) is 0 Å². The van der Waals surface area contributed by atoms with E-state index in [1.165, 1.54) is 0 Å². The standard InChI is InChI=1S/C16H14N2O/c1-11-5-3-4-6-15(11)18-10-9-14-13(16(18)19)8-7-12(2)17-14/h3-10H,1-2H3. The van der Waals surface area contributed by atoms with E-state index in [1.54, 1.807) is 10.8 Å². The van der Waals surface area contributed by atoms with E-state index < -0.39 is 0 Å². The van der Waals surface area contributed by atoms with Crippen LogP contribution in [0.4, 0.5) is 0 Å². The monoisotopic (exact) mass is 250 g/mol. The van der Waals surface area contributed by atoms with Crippen molar-refractivity contribution < 1.29 is 0 Å². The zero-order valence-electron chi connectivity index (χ0n) is 10.9. The van der Waals surface area contributed by atoms with E-state index in [-0.39, 0.29) is 5.56 Å². The Kier molecular flexibility index (Phi) is 2.67. The number of pyridine rings is 2. The van der Waals surface area contributed by atoms with Crippen molar-refractivity contribution in [1.29, 1.82) is 0 Å². The molecule has 0 spiro atoms. The van der Waals surface area contributed by atoms with Crippen LogP contribution in [0.15, 0.2) is 53.5 Å². The highest BCUT2D eigenvalue weighted by Gasteiger charge is 2.06. The number of nitrogens with zero attached hydrogens (tertiary/aromatic N) is 2. The summed E-state index contributed by atoms with van der Waals surface area (Å²) in [6.07, 6.45) is 1.79. The van der Waals surface area contributed by atoms with Crippen LogP contribution in [0.5, 0.6) is 0 Å². The largest absolute Gasteiger partial charge is 0.283 e. The predicted molar refractivity (Wildman–Crippen MR) is 76.8 cm³/mol. The number of rotatable bonds is 1. The highest BCUT2D eigenvalue weighted by atomic mass is 16.1. The fraction of sp³-hybridized carbons (Fsp3) is 0.125. The molecule has 3 nitrogen and oxygen atoms in total. The van der Waals surface area contributed by atoms with E-state index in [2.05, 4.69) is 4.98 Å². The maximum absolute atomic E-state index is 12.5. The number of fused-ring (bicyclic) bond motifs is 1. The molecule has 0 N–H and O–H groups in total. The van der Waals surface area contributed by atoms with Gasteiger partial charge < -0.3 is 0 Å². The van der Waals surface area contributed by atoms with Crippen LogP contribution in [-0.4, -0.2) is 9.55 Å². The molecule has 0 bridgehead atoms. The molecule has 0 unspecified atom stereocenters. The van der Waals surface area contributed by atoms with Crippen molar-refractivity contribution in [1.82, 2.24) is 9.55 Å². The quantitative estimate of drug-likeness (QED) is 0.665. The minimum atomic E-state index is -0.0284. The Morgan fingerprint density at radius 1 is 1.00 bits per heavy atom. The fourth-order valence-electron chi connectivity index (χ4n) is 2.25. The van der Waals surface area contributed by atoms with Crippen LogP contribution < -0.4 is 5.56 Å². The van der Waals surface area contributed by atoms with Gasteiger partial charge in [0.25, 0.3) is 5.56 Å². The first-order valence-corrected chi connectivity index (χ1v) is 6.22. The van der Waals surface area contributed by atoms with Crippen LogP contribution in [-0.2, 0) is 0 Å². The van der Waals surface area contributed by atoms with E-state index in [0.717, 1.165) is 22.5 Å². The lowest BCUT2D eigenvalue weighted by atomic mass is 10.2. The molecule has 0 aliphatic carbocycles. The highest BCUT2D eigenvalue weighted by molar-refractivity contribution is 5.77. The van der Waals surface area contributed by atoms with Gasteiger partial charge in [-0.15, -0.1) is 0 Å². The molecule has 0 fully saturated rings. The first-order chi connectivity index (χ1) is 9.16. The summed E-state index contributed by atoms with van der Waals surface area (Å²) in [5, 5.41) is 0.649. The molecular weight excluding hydrogens is 236 g/mol. The molecule has 0 radical (unpaired) electrons. The molecule has 0 atom stereocenters. The number of benzene rings is 1. The summed E-state index contributed by atoms with van der Waals surface area (Å²) in [6, 6.07) is 13.4. The van der Waals surface area contributed by atoms with Crippen molar-refractivity contribution in [3.8, 4) is 5.69 Å². The summed E-state index contributed by atoms with van der Waals surface area (Å²) in [5.41, 5.74) is 3.62. The third-order valence-electron chi connectivity index (χ3n) is 3.27. The maximum atomic E-state index is 12.5. The molecule has 3 heteroatoms. The van der Waals surface area contributed by atoms with Gasteiger partial charge >= 0.3 is 0 Å². The average molecular weight is 250 g/mol. The van der Waals surface area contributed by atoms with Crippen LogP contribution in [0, 0.1) is 13.8 Å². The van der Waals surface area contributed by atoms with Crippen molar-refractivity contribution in [3.63, 3.8) is 0 Å². The maximum Gasteiger partial charge on any atom is 0.264 e. The molecule has 0 saturated carbocycles. The number of para-hydroxylation sites is 1. The second-order valence-corrected chi connectivity index (χ2v) is 4.66. The number of aromatic nitrogens is 2. The van der Waals surface area contributed by atoms with E-state index in [9.17, 15) is 4.79 Å². The second kappa shape index (κ2) is 4.35. The lowest BCUT2D eigenvalue weighted by Gasteiger charge is -2.09. The van der Waals surface area contributed by atoms with Gasteiger partial charge in [0, 0.05) is 11.9 Å². The van der Waals surface area contributed by atoms with E-state index in [0.29, 0.717) is 5.39 Å². The molecule has 94 valence electrons. The average Bonchev–Trinajstić information content (AvgIpc) is 2.40. The minimum absolute atomic E-state index is 0.0284. The molecule has 0 aliphatic heterocycles. The molecule has 0 saturated heterocycles. The lowest BCUT2D eigenvalue weighted by Crippen LogP contribution is -2.18. The Morgan fingerprint density at radius 2 is 1.79 bits per heavy atom. The van der Waals surface area contributed by atoms with Gasteiger partial charge in [0.15, 0.2) is 0 Å². The smallest absolute Gasteiger partial charge is 0.264 e. The first kappa shape index (κ1) is 11.7. The summed E-state index contributed by atoms with van der Waals surface area (Å²) >= 11 is 0. The third kappa shape index (κ3) is 1.93. The van der Waals surface area contributed by atoms with Gasteiger partial charge in [0.2, 0.25) is 0 Å². The Hall–Kier alpha value is -2.42. The fourth-order valence-corrected chi connectivity index (χ4v) is 2.25. The van der Waals surface area contributed by atoms with Crippen molar-refractivity contribution in [2.45, 2.75) is 13.8 Å². The normalized spacial score (nSPS) is 10.8. The Bertz CT molecular complexity index is 818. The van der Waals surface area contributed by atoms with E-state index >= 15 is 0 Å². The molecular formula is C16H14N2O. The van der Waals surface area contributed by atoms with Crippen molar-refractivity contribution >= 4 is 10.9 Å². The lowest BCUT2D eigenvalue weighted by molar-refractivity contribution is 0.991. The van der Waals surface area contributed by atoms with Crippen LogP contribution >= 0.6 is 0 Å². The summed E-state index contributed by atoms with van der Waals surface area (Å²) in [4.78, 5) is 16.9. The Labute approximate surface area is 111 Å². The van der Waals surface area contributed by atoms with Crippen molar-refractivity contribution in [2.24, 2.45) is 0 Å². The SMILES string of the molecule is Cc1ccc2c(=O)n(-c3ccccc3C)ccc2n1. The summed E-state index contributed by atoms with van der Waals surface area (Å²) in [5.74, 6) is 0. The Balaban J connectivity index is 2.33. The van der Waals surface area contributed by atoms with Gasteiger partial charge in [-0.3, -0.25) is 14.3 Å². The second-order valence-electron chi connectivity index (χ2n) is 4.66.